The van der Waals surface area contributed by atoms with Gasteiger partial charge in [0.2, 0.25) is 5.78 Å². The van der Waals surface area contributed by atoms with Crippen LogP contribution in [0.25, 0.3) is 6.08 Å². The number of likely N-dealkylation sites (tertiary alicyclic amines) is 1. The smallest absolute Gasteiger partial charge is 0.415 e. The van der Waals surface area contributed by atoms with Gasteiger partial charge in [-0.05, 0) is 55.2 Å². The highest BCUT2D eigenvalue weighted by Gasteiger charge is 2.34. The van der Waals surface area contributed by atoms with Crippen LogP contribution in [0.2, 0.25) is 0 Å². The van der Waals surface area contributed by atoms with Gasteiger partial charge in [-0.2, -0.15) is 0 Å². The Kier molecular flexibility index (Phi) is 6.60. The average molecular weight is 456 g/mol. The van der Waals surface area contributed by atoms with Gasteiger partial charge in [0.1, 0.15) is 11.5 Å². The molecule has 168 valence electrons. The van der Waals surface area contributed by atoms with E-state index in [9.17, 15) is 9.59 Å². The molecular weight excluding hydrogens is 430 g/mol. The number of hydrogen-bond donors (Lipinski definition) is 0. The van der Waals surface area contributed by atoms with Crippen molar-refractivity contribution in [3.05, 3.63) is 46.4 Å². The van der Waals surface area contributed by atoms with Crippen molar-refractivity contribution in [3.63, 3.8) is 0 Å². The van der Waals surface area contributed by atoms with E-state index in [0.717, 1.165) is 24.8 Å². The molecule has 0 radical (unpaired) electrons. The number of ketones is 1. The highest BCUT2D eigenvalue weighted by atomic mass is 32.2. The van der Waals surface area contributed by atoms with Crippen LogP contribution in [-0.2, 0) is 0 Å². The van der Waals surface area contributed by atoms with E-state index in [1.54, 1.807) is 49.5 Å². The molecule has 2 aromatic carbocycles. The third-order valence-corrected chi connectivity index (χ3v) is 6.62. The van der Waals surface area contributed by atoms with Crippen molar-refractivity contribution in [2.45, 2.75) is 24.2 Å². The van der Waals surface area contributed by atoms with E-state index in [4.69, 9.17) is 18.9 Å². The molecule has 2 aliphatic rings. The largest absolute Gasteiger partial charge is 0.496 e. The molecular formula is C24H25NO6S. The molecule has 0 aromatic heterocycles. The first kappa shape index (κ1) is 22.1. The zero-order valence-corrected chi connectivity index (χ0v) is 19.1. The molecule has 2 heterocycles. The molecule has 1 amide bonds. The Hall–Kier alpha value is -3.13. The lowest BCUT2D eigenvalue weighted by atomic mass is 10.1. The molecule has 1 fully saturated rings. The van der Waals surface area contributed by atoms with Crippen LogP contribution < -0.4 is 18.9 Å². The SMILES string of the molecule is COc1ccc(/C=C2/Sc3c(OC(=O)N4CCCCC4)ccc(OC)c3C2=O)cc1OC. The second-order valence-electron chi connectivity index (χ2n) is 7.44. The third kappa shape index (κ3) is 4.27. The molecule has 0 bridgehead atoms. The van der Waals surface area contributed by atoms with Gasteiger partial charge in [-0.15, -0.1) is 0 Å². The number of benzene rings is 2. The first-order chi connectivity index (χ1) is 15.5. The van der Waals surface area contributed by atoms with Crippen LogP contribution in [0.5, 0.6) is 23.0 Å². The topological polar surface area (TPSA) is 74.3 Å². The number of carbonyl (C=O) groups is 2. The quantitative estimate of drug-likeness (QED) is 0.586. The number of hydrogen-bond acceptors (Lipinski definition) is 7. The van der Waals surface area contributed by atoms with Crippen molar-refractivity contribution in [2.24, 2.45) is 0 Å². The summed E-state index contributed by atoms with van der Waals surface area (Å²) in [7, 11) is 4.65. The van der Waals surface area contributed by atoms with Crippen molar-refractivity contribution in [3.8, 4) is 23.0 Å². The molecule has 0 N–H and O–H groups in total. The summed E-state index contributed by atoms with van der Waals surface area (Å²) >= 11 is 1.27. The van der Waals surface area contributed by atoms with E-state index in [2.05, 4.69) is 0 Å². The second-order valence-corrected chi connectivity index (χ2v) is 8.49. The van der Waals surface area contributed by atoms with E-state index in [1.165, 1.54) is 18.9 Å². The number of Topliss-reactive ketones (excluding diaryl/α,β-unsaturated/α-hetero) is 1. The number of methoxy groups -OCH3 is 3. The lowest BCUT2D eigenvalue weighted by Gasteiger charge is -2.26. The van der Waals surface area contributed by atoms with Crippen molar-refractivity contribution in [1.82, 2.24) is 4.90 Å². The van der Waals surface area contributed by atoms with Crippen LogP contribution >= 0.6 is 11.8 Å². The molecule has 0 atom stereocenters. The maximum Gasteiger partial charge on any atom is 0.415 e. The zero-order valence-electron chi connectivity index (χ0n) is 18.3. The summed E-state index contributed by atoms with van der Waals surface area (Å²) in [6, 6.07) is 8.78. The Morgan fingerprint density at radius 1 is 0.906 bits per heavy atom. The monoisotopic (exact) mass is 455 g/mol. The summed E-state index contributed by atoms with van der Waals surface area (Å²) in [5, 5.41) is 0. The number of amides is 1. The molecule has 2 aromatic rings. The lowest BCUT2D eigenvalue weighted by molar-refractivity contribution is 0.103. The molecule has 0 saturated carbocycles. The minimum Gasteiger partial charge on any atom is -0.496 e. The minimum atomic E-state index is -0.387. The predicted octanol–water partition coefficient (Wildman–Crippen LogP) is 5.03. The fourth-order valence-corrected chi connectivity index (χ4v) is 4.93. The van der Waals surface area contributed by atoms with E-state index < -0.39 is 0 Å². The standard InChI is InChI=1S/C24H25NO6S/c1-28-16-8-7-15(13-19(16)30-3)14-20-22(26)21-17(29-2)9-10-18(23(21)32-20)31-24(27)25-11-5-4-6-12-25/h7-10,13-14H,4-6,11-12H2,1-3H3/b20-14+. The van der Waals surface area contributed by atoms with Gasteiger partial charge in [-0.25, -0.2) is 4.79 Å². The number of rotatable bonds is 5. The summed E-state index contributed by atoms with van der Waals surface area (Å²) in [6.07, 6.45) is 4.46. The Morgan fingerprint density at radius 2 is 1.56 bits per heavy atom. The number of thioether (sulfide) groups is 1. The number of carbonyl (C=O) groups excluding carboxylic acids is 2. The normalized spacial score (nSPS) is 16.7. The molecule has 0 spiro atoms. The van der Waals surface area contributed by atoms with Crippen LogP contribution in [0, 0.1) is 0 Å². The molecule has 4 rings (SSSR count). The van der Waals surface area contributed by atoms with Gasteiger partial charge >= 0.3 is 6.09 Å². The Labute approximate surface area is 191 Å². The van der Waals surface area contributed by atoms with Crippen LogP contribution in [-0.4, -0.2) is 51.2 Å². The summed E-state index contributed by atoms with van der Waals surface area (Å²) in [5.74, 6) is 1.82. The molecule has 0 aliphatic carbocycles. The second kappa shape index (κ2) is 9.56. The zero-order chi connectivity index (χ0) is 22.7. The maximum atomic E-state index is 13.2. The van der Waals surface area contributed by atoms with Crippen molar-refractivity contribution >= 4 is 29.7 Å². The summed E-state index contributed by atoms with van der Waals surface area (Å²) < 4.78 is 21.8. The van der Waals surface area contributed by atoms with Gasteiger partial charge in [0.15, 0.2) is 11.5 Å². The number of fused-ring (bicyclic) bond motifs is 1. The van der Waals surface area contributed by atoms with E-state index in [-0.39, 0.29) is 11.9 Å². The lowest BCUT2D eigenvalue weighted by Crippen LogP contribution is -2.37. The molecule has 2 aliphatic heterocycles. The minimum absolute atomic E-state index is 0.174. The first-order valence-electron chi connectivity index (χ1n) is 10.4. The molecule has 1 saturated heterocycles. The molecule has 32 heavy (non-hydrogen) atoms. The Balaban J connectivity index is 1.65. The molecule has 7 nitrogen and oxygen atoms in total. The first-order valence-corrected chi connectivity index (χ1v) is 11.2. The number of ether oxygens (including phenoxy) is 4. The van der Waals surface area contributed by atoms with Crippen molar-refractivity contribution in [1.29, 1.82) is 0 Å². The van der Waals surface area contributed by atoms with Crippen LogP contribution in [0.1, 0.15) is 35.2 Å². The maximum absolute atomic E-state index is 13.2. The van der Waals surface area contributed by atoms with Gasteiger partial charge in [0, 0.05) is 13.1 Å². The number of piperidine rings is 1. The van der Waals surface area contributed by atoms with Gasteiger partial charge in [0.25, 0.3) is 0 Å². The van der Waals surface area contributed by atoms with Gasteiger partial charge in [0.05, 0.1) is 36.7 Å². The fourth-order valence-electron chi connectivity index (χ4n) is 3.82. The van der Waals surface area contributed by atoms with Crippen LogP contribution in [0.4, 0.5) is 4.79 Å². The third-order valence-electron chi connectivity index (χ3n) is 5.48. The number of allylic oxidation sites excluding steroid dienone is 1. The Bertz CT molecular complexity index is 1070. The average Bonchev–Trinajstić information content (AvgIpc) is 3.16. The summed E-state index contributed by atoms with van der Waals surface area (Å²) in [4.78, 5) is 28.7. The van der Waals surface area contributed by atoms with E-state index in [0.29, 0.717) is 51.5 Å². The predicted molar refractivity (Wildman–Crippen MR) is 122 cm³/mol. The summed E-state index contributed by atoms with van der Waals surface area (Å²) in [6.45, 7) is 1.38. The Morgan fingerprint density at radius 3 is 2.25 bits per heavy atom. The van der Waals surface area contributed by atoms with E-state index >= 15 is 0 Å². The van der Waals surface area contributed by atoms with Crippen LogP contribution in [0.3, 0.4) is 0 Å². The number of nitrogens with zero attached hydrogens (tertiary/aromatic N) is 1. The van der Waals surface area contributed by atoms with Crippen molar-refractivity contribution < 1.29 is 28.5 Å². The molecule has 0 unspecified atom stereocenters. The highest BCUT2D eigenvalue weighted by molar-refractivity contribution is 8.05. The summed E-state index contributed by atoms with van der Waals surface area (Å²) in [5.41, 5.74) is 1.20. The van der Waals surface area contributed by atoms with Crippen molar-refractivity contribution in [2.75, 3.05) is 34.4 Å². The van der Waals surface area contributed by atoms with Gasteiger partial charge in [-0.1, -0.05) is 17.8 Å². The highest BCUT2D eigenvalue weighted by Crippen LogP contribution is 2.49. The van der Waals surface area contributed by atoms with Gasteiger partial charge in [-0.3, -0.25) is 4.79 Å². The fraction of sp³-hybridized carbons (Fsp3) is 0.333. The van der Waals surface area contributed by atoms with Gasteiger partial charge < -0.3 is 23.8 Å². The van der Waals surface area contributed by atoms with E-state index in [1.807, 2.05) is 6.07 Å². The van der Waals surface area contributed by atoms with Crippen LogP contribution in [0.15, 0.2) is 40.1 Å². The molecule has 8 heteroatoms.